The van der Waals surface area contributed by atoms with Crippen LogP contribution in [-0.2, 0) is 4.79 Å². The Labute approximate surface area is 110 Å². The highest BCUT2D eigenvalue weighted by Crippen LogP contribution is 2.46. The lowest BCUT2D eigenvalue weighted by atomic mass is 9.65. The second-order valence-corrected chi connectivity index (χ2v) is 7.40. The second kappa shape index (κ2) is 4.11. The van der Waals surface area contributed by atoms with Gasteiger partial charge in [0.05, 0.1) is 0 Å². The van der Waals surface area contributed by atoms with Crippen LogP contribution in [-0.4, -0.2) is 22.9 Å². The molecule has 0 N–H and O–H groups in total. The smallest absolute Gasteiger partial charge is 0.249 e. The zero-order chi connectivity index (χ0) is 12.9. The van der Waals surface area contributed by atoms with Crippen LogP contribution < -0.4 is 0 Å². The maximum Gasteiger partial charge on any atom is 0.249 e. The van der Waals surface area contributed by atoms with Crippen molar-refractivity contribution in [1.29, 1.82) is 0 Å². The first-order valence-electron chi connectivity index (χ1n) is 7.48. The molecule has 0 aromatic carbocycles. The van der Waals surface area contributed by atoms with Crippen LogP contribution in [0.4, 0.5) is 0 Å². The fraction of sp³-hybridized carbons (Fsp3) is 0.812. The molecular weight excluding hydrogens is 222 g/mol. The molecule has 3 rings (SSSR count). The van der Waals surface area contributed by atoms with Gasteiger partial charge in [-0.15, -0.1) is 0 Å². The number of nitrogens with zero attached hydrogens (tertiary/aromatic N) is 1. The summed E-state index contributed by atoms with van der Waals surface area (Å²) in [6, 6.07) is 1.11. The third kappa shape index (κ3) is 2.10. The molecule has 2 saturated carbocycles. The summed E-state index contributed by atoms with van der Waals surface area (Å²) in [7, 11) is 0. The van der Waals surface area contributed by atoms with Gasteiger partial charge in [-0.3, -0.25) is 4.79 Å². The van der Waals surface area contributed by atoms with E-state index in [1.54, 1.807) is 0 Å². The maximum absolute atomic E-state index is 12.5. The van der Waals surface area contributed by atoms with Gasteiger partial charge in [0.1, 0.15) is 0 Å². The van der Waals surface area contributed by atoms with Gasteiger partial charge in [0.2, 0.25) is 5.91 Å². The number of allylic oxidation sites excluding steroid dienone is 1. The minimum Gasteiger partial charge on any atom is -0.333 e. The predicted octanol–water partition coefficient (Wildman–Crippen LogP) is 3.52. The van der Waals surface area contributed by atoms with Gasteiger partial charge in [0, 0.05) is 17.7 Å². The number of hydrogen-bond acceptors (Lipinski definition) is 1. The van der Waals surface area contributed by atoms with Crippen LogP contribution >= 0.6 is 0 Å². The zero-order valence-electron chi connectivity index (χ0n) is 11.9. The van der Waals surface area contributed by atoms with Crippen LogP contribution in [0, 0.1) is 11.3 Å². The van der Waals surface area contributed by atoms with E-state index >= 15 is 0 Å². The molecular formula is C16H25NO. The van der Waals surface area contributed by atoms with Gasteiger partial charge in [0.15, 0.2) is 0 Å². The van der Waals surface area contributed by atoms with Crippen molar-refractivity contribution in [1.82, 2.24) is 4.90 Å². The molecule has 2 nitrogen and oxygen atoms in total. The van der Waals surface area contributed by atoms with Gasteiger partial charge in [-0.2, -0.15) is 0 Å². The summed E-state index contributed by atoms with van der Waals surface area (Å²) in [5, 5.41) is 0. The average Bonchev–Trinajstić information content (AvgIpc) is 2.87. The first kappa shape index (κ1) is 12.3. The Hall–Kier alpha value is -0.790. The van der Waals surface area contributed by atoms with E-state index in [1.165, 1.54) is 25.7 Å². The molecule has 3 aliphatic carbocycles. The van der Waals surface area contributed by atoms with Gasteiger partial charge < -0.3 is 4.90 Å². The SMILES string of the molecule is CC(C)(C)C1CC(N(C(=O)C2=CCC2)C2CC2)C1. The summed E-state index contributed by atoms with van der Waals surface area (Å²) >= 11 is 0. The second-order valence-electron chi connectivity index (χ2n) is 7.40. The van der Waals surface area contributed by atoms with Crippen molar-refractivity contribution in [3.8, 4) is 0 Å². The average molecular weight is 247 g/mol. The lowest BCUT2D eigenvalue weighted by Gasteiger charge is -2.49. The Morgan fingerprint density at radius 2 is 1.83 bits per heavy atom. The molecule has 1 amide bonds. The quantitative estimate of drug-likeness (QED) is 0.747. The Kier molecular flexibility index (Phi) is 2.80. The van der Waals surface area contributed by atoms with Gasteiger partial charge in [-0.05, 0) is 49.9 Å². The van der Waals surface area contributed by atoms with Crippen molar-refractivity contribution in [2.24, 2.45) is 11.3 Å². The summed E-state index contributed by atoms with van der Waals surface area (Å²) in [6.45, 7) is 6.98. The third-order valence-electron chi connectivity index (χ3n) is 4.99. The van der Waals surface area contributed by atoms with E-state index in [9.17, 15) is 4.79 Å². The highest BCUT2D eigenvalue weighted by Gasteiger charge is 2.46. The molecule has 0 heterocycles. The lowest BCUT2D eigenvalue weighted by Crippen LogP contribution is -2.52. The van der Waals surface area contributed by atoms with Crippen LogP contribution in [0.15, 0.2) is 11.6 Å². The molecule has 0 aromatic rings. The van der Waals surface area contributed by atoms with Crippen LogP contribution in [0.3, 0.4) is 0 Å². The van der Waals surface area contributed by atoms with Gasteiger partial charge >= 0.3 is 0 Å². The highest BCUT2D eigenvalue weighted by atomic mass is 16.2. The summed E-state index contributed by atoms with van der Waals surface area (Å²) in [5.74, 6) is 1.16. The predicted molar refractivity (Wildman–Crippen MR) is 73.2 cm³/mol. The fourth-order valence-corrected chi connectivity index (χ4v) is 3.15. The van der Waals surface area contributed by atoms with Gasteiger partial charge in [0.25, 0.3) is 0 Å². The Morgan fingerprint density at radius 1 is 1.22 bits per heavy atom. The zero-order valence-corrected chi connectivity index (χ0v) is 11.9. The van der Waals surface area contributed by atoms with Crippen LogP contribution in [0.5, 0.6) is 0 Å². The van der Waals surface area contributed by atoms with Crippen molar-refractivity contribution in [2.45, 2.75) is 71.4 Å². The molecule has 100 valence electrons. The Balaban J connectivity index is 1.64. The molecule has 0 atom stereocenters. The van der Waals surface area contributed by atoms with Gasteiger partial charge in [-0.25, -0.2) is 0 Å². The maximum atomic E-state index is 12.5. The van der Waals surface area contributed by atoms with Crippen molar-refractivity contribution in [2.75, 3.05) is 0 Å². The Morgan fingerprint density at radius 3 is 2.22 bits per heavy atom. The van der Waals surface area contributed by atoms with Crippen molar-refractivity contribution < 1.29 is 4.79 Å². The van der Waals surface area contributed by atoms with E-state index in [4.69, 9.17) is 0 Å². The van der Waals surface area contributed by atoms with Crippen LogP contribution in [0.2, 0.25) is 0 Å². The van der Waals surface area contributed by atoms with E-state index in [1.807, 2.05) is 0 Å². The number of amides is 1. The number of hydrogen-bond donors (Lipinski definition) is 0. The first-order valence-corrected chi connectivity index (χ1v) is 7.48. The molecule has 0 spiro atoms. The molecule has 0 unspecified atom stereocenters. The Bertz CT molecular complexity index is 380. The summed E-state index contributed by atoms with van der Waals surface area (Å²) in [4.78, 5) is 14.7. The number of rotatable bonds is 3. The molecule has 0 aromatic heterocycles. The topological polar surface area (TPSA) is 20.3 Å². The third-order valence-corrected chi connectivity index (χ3v) is 4.99. The molecule has 2 fully saturated rings. The lowest BCUT2D eigenvalue weighted by molar-refractivity contribution is -0.134. The molecule has 0 radical (unpaired) electrons. The summed E-state index contributed by atoms with van der Waals surface area (Å²) in [6.07, 6.45) is 9.15. The minimum absolute atomic E-state index is 0.362. The van der Waals surface area contributed by atoms with Crippen molar-refractivity contribution >= 4 is 5.91 Å². The number of carbonyl (C=O) groups excluding carboxylic acids is 1. The fourth-order valence-electron chi connectivity index (χ4n) is 3.15. The normalized spacial score (nSPS) is 31.2. The first-order chi connectivity index (χ1) is 8.47. The largest absolute Gasteiger partial charge is 0.333 e. The van der Waals surface area contributed by atoms with Gasteiger partial charge in [-0.1, -0.05) is 26.8 Å². The van der Waals surface area contributed by atoms with E-state index in [0.29, 0.717) is 23.4 Å². The van der Waals surface area contributed by atoms with E-state index in [2.05, 4.69) is 31.7 Å². The monoisotopic (exact) mass is 247 g/mol. The summed E-state index contributed by atoms with van der Waals surface area (Å²) in [5.41, 5.74) is 1.49. The molecule has 0 bridgehead atoms. The van der Waals surface area contributed by atoms with Crippen LogP contribution in [0.1, 0.15) is 59.3 Å². The van der Waals surface area contributed by atoms with Crippen molar-refractivity contribution in [3.63, 3.8) is 0 Å². The number of carbonyl (C=O) groups is 1. The molecule has 18 heavy (non-hydrogen) atoms. The van der Waals surface area contributed by atoms with E-state index in [-0.39, 0.29) is 0 Å². The van der Waals surface area contributed by atoms with E-state index < -0.39 is 0 Å². The molecule has 0 saturated heterocycles. The summed E-state index contributed by atoms with van der Waals surface area (Å²) < 4.78 is 0. The van der Waals surface area contributed by atoms with Crippen molar-refractivity contribution in [3.05, 3.63) is 11.6 Å². The standard InChI is InChI=1S/C16H25NO/c1-16(2,3)12-9-14(10-12)17(13-7-8-13)15(18)11-5-4-6-11/h5,12-14H,4,6-10H2,1-3H3. The van der Waals surface area contributed by atoms with Crippen LogP contribution in [0.25, 0.3) is 0 Å². The molecule has 2 heteroatoms. The minimum atomic E-state index is 0.362. The molecule has 3 aliphatic rings. The van der Waals surface area contributed by atoms with E-state index in [0.717, 1.165) is 24.3 Å². The molecule has 0 aliphatic heterocycles. The highest BCUT2D eigenvalue weighted by molar-refractivity contribution is 5.95.